The molecule has 3 aromatic carbocycles. The molecule has 1 saturated heterocycles. The molecular weight excluding hydrogens is 494 g/mol. The monoisotopic (exact) mass is 521 g/mol. The maximum Gasteiger partial charge on any atom is 0.338 e. The summed E-state index contributed by atoms with van der Waals surface area (Å²) in [6, 6.07) is 16.8. The van der Waals surface area contributed by atoms with Crippen molar-refractivity contribution in [2.24, 2.45) is 0 Å². The van der Waals surface area contributed by atoms with Crippen LogP contribution in [-0.2, 0) is 21.4 Å². The zero-order valence-electron chi connectivity index (χ0n) is 20.4. The van der Waals surface area contributed by atoms with Crippen molar-refractivity contribution in [3.05, 3.63) is 82.2 Å². The zero-order valence-corrected chi connectivity index (χ0v) is 21.3. The van der Waals surface area contributed by atoms with Gasteiger partial charge in [-0.1, -0.05) is 43.2 Å². The second-order valence-corrected chi connectivity index (χ2v) is 10.9. The van der Waals surface area contributed by atoms with Crippen molar-refractivity contribution in [2.45, 2.75) is 37.2 Å². The van der Waals surface area contributed by atoms with Gasteiger partial charge in [-0.2, -0.15) is 4.31 Å². The van der Waals surface area contributed by atoms with E-state index in [0.29, 0.717) is 29.6 Å². The van der Waals surface area contributed by atoms with E-state index in [1.807, 2.05) is 30.3 Å². The Hall–Kier alpha value is -3.69. The number of sulfonamides is 1. The number of rotatable bonds is 6. The van der Waals surface area contributed by atoms with Crippen LogP contribution in [0.4, 0.5) is 0 Å². The molecular formula is C28H27NO7S. The highest BCUT2D eigenvalue weighted by Gasteiger charge is 2.29. The number of hydrogen-bond acceptors (Lipinski definition) is 7. The molecule has 0 saturated carbocycles. The number of nitrogens with zero attached hydrogens (tertiary/aromatic N) is 1. The minimum atomic E-state index is -3.86. The van der Waals surface area contributed by atoms with Gasteiger partial charge in [-0.3, -0.25) is 0 Å². The average molecular weight is 522 g/mol. The first-order valence-corrected chi connectivity index (χ1v) is 13.6. The van der Waals surface area contributed by atoms with Crippen molar-refractivity contribution in [3.63, 3.8) is 0 Å². The second-order valence-electron chi connectivity index (χ2n) is 9.01. The Balaban J connectivity index is 1.46. The van der Waals surface area contributed by atoms with Gasteiger partial charge in [0.05, 0.1) is 12.7 Å². The fourth-order valence-corrected chi connectivity index (χ4v) is 6.49. The highest BCUT2D eigenvalue weighted by Crippen LogP contribution is 2.31. The van der Waals surface area contributed by atoms with Gasteiger partial charge in [0.25, 0.3) is 0 Å². The van der Waals surface area contributed by atoms with Crippen molar-refractivity contribution >= 4 is 37.7 Å². The molecule has 192 valence electrons. The van der Waals surface area contributed by atoms with Gasteiger partial charge in [0, 0.05) is 30.1 Å². The van der Waals surface area contributed by atoms with E-state index >= 15 is 0 Å². The van der Waals surface area contributed by atoms with Gasteiger partial charge in [0.2, 0.25) is 10.0 Å². The van der Waals surface area contributed by atoms with Crippen molar-refractivity contribution in [1.29, 1.82) is 0 Å². The number of esters is 1. The van der Waals surface area contributed by atoms with Crippen LogP contribution in [0.5, 0.6) is 5.75 Å². The molecule has 0 N–H and O–H groups in total. The molecule has 0 bridgehead atoms. The first-order valence-electron chi connectivity index (χ1n) is 12.2. The summed E-state index contributed by atoms with van der Waals surface area (Å²) < 4.78 is 44.6. The molecule has 0 spiro atoms. The molecule has 4 aromatic rings. The molecule has 0 unspecified atom stereocenters. The van der Waals surface area contributed by atoms with Crippen molar-refractivity contribution in [1.82, 2.24) is 4.31 Å². The molecule has 8 nitrogen and oxygen atoms in total. The van der Waals surface area contributed by atoms with Crippen LogP contribution in [0, 0.1) is 0 Å². The van der Waals surface area contributed by atoms with E-state index in [1.165, 1.54) is 35.7 Å². The summed E-state index contributed by atoms with van der Waals surface area (Å²) in [5, 5.41) is 2.50. The normalized spacial score (nSPS) is 14.9. The van der Waals surface area contributed by atoms with Crippen molar-refractivity contribution < 1.29 is 27.1 Å². The van der Waals surface area contributed by atoms with E-state index in [1.54, 1.807) is 6.07 Å². The number of ether oxygens (including phenoxy) is 2. The highest BCUT2D eigenvalue weighted by molar-refractivity contribution is 7.89. The minimum Gasteiger partial charge on any atom is -0.495 e. The molecule has 5 rings (SSSR count). The summed E-state index contributed by atoms with van der Waals surface area (Å²) in [4.78, 5) is 25.1. The summed E-state index contributed by atoms with van der Waals surface area (Å²) in [6.45, 7) is 0.671. The number of benzene rings is 3. The molecule has 0 atom stereocenters. The molecule has 1 aliphatic rings. The Bertz CT molecular complexity index is 1630. The molecule has 0 radical (unpaired) electrons. The van der Waals surface area contributed by atoms with Gasteiger partial charge in [0.1, 0.15) is 22.8 Å². The van der Waals surface area contributed by atoms with Gasteiger partial charge in [0.15, 0.2) is 0 Å². The summed E-state index contributed by atoms with van der Waals surface area (Å²) >= 11 is 0. The predicted molar refractivity (Wildman–Crippen MR) is 139 cm³/mol. The van der Waals surface area contributed by atoms with Crippen LogP contribution in [0.3, 0.4) is 0 Å². The predicted octanol–water partition coefficient (Wildman–Crippen LogP) is 4.88. The lowest BCUT2D eigenvalue weighted by Crippen LogP contribution is -2.32. The summed E-state index contributed by atoms with van der Waals surface area (Å²) in [7, 11) is -2.47. The fraction of sp³-hybridized carbons (Fsp3) is 0.286. The summed E-state index contributed by atoms with van der Waals surface area (Å²) in [5.74, 6) is -0.546. The number of methoxy groups -OCH3 is 1. The lowest BCUT2D eigenvalue weighted by atomic mass is 10.0. The zero-order chi connectivity index (χ0) is 26.0. The smallest absolute Gasteiger partial charge is 0.338 e. The first kappa shape index (κ1) is 25.0. The maximum atomic E-state index is 13.4. The van der Waals surface area contributed by atoms with Gasteiger partial charge >= 0.3 is 11.6 Å². The number of fused-ring (bicyclic) bond motifs is 3. The molecule has 0 aliphatic carbocycles. The van der Waals surface area contributed by atoms with Crippen LogP contribution in [0.2, 0.25) is 0 Å². The molecule has 1 aromatic heterocycles. The molecule has 2 heterocycles. The Labute approximate surface area is 214 Å². The van der Waals surface area contributed by atoms with Crippen molar-refractivity contribution in [2.75, 3.05) is 20.2 Å². The summed E-state index contributed by atoms with van der Waals surface area (Å²) in [5.41, 5.74) is 0.422. The average Bonchev–Trinajstić information content (AvgIpc) is 3.21. The van der Waals surface area contributed by atoms with Gasteiger partial charge in [-0.15, -0.1) is 0 Å². The number of carbonyl (C=O) groups is 1. The van der Waals surface area contributed by atoms with Crippen LogP contribution >= 0.6 is 0 Å². The fourth-order valence-electron chi connectivity index (χ4n) is 4.79. The quantitative estimate of drug-likeness (QED) is 0.202. The van der Waals surface area contributed by atoms with E-state index in [0.717, 1.165) is 36.5 Å². The van der Waals surface area contributed by atoms with E-state index in [2.05, 4.69) is 0 Å². The maximum absolute atomic E-state index is 13.4. The van der Waals surface area contributed by atoms with Crippen LogP contribution in [0.15, 0.2) is 74.8 Å². The standard InChI is InChI=1S/C28H27NO7S/c1-34-23-12-11-20(16-25(23)37(32,33)29-14-6-2-3-7-15-29)28(31)35-18-21-17-26(30)36-24-13-10-19-8-4-5-9-22(19)27(21)24/h4-5,8-13,16-17H,2-3,6-7,14-15,18H2,1H3. The summed E-state index contributed by atoms with van der Waals surface area (Å²) in [6.07, 6.45) is 3.54. The Morgan fingerprint density at radius 3 is 2.49 bits per heavy atom. The highest BCUT2D eigenvalue weighted by atomic mass is 32.2. The number of carbonyl (C=O) groups excluding carboxylic acids is 1. The molecule has 0 amide bonds. The topological polar surface area (TPSA) is 103 Å². The second kappa shape index (κ2) is 10.4. The Morgan fingerprint density at radius 2 is 1.73 bits per heavy atom. The minimum absolute atomic E-state index is 0.0665. The molecule has 1 fully saturated rings. The third-order valence-electron chi connectivity index (χ3n) is 6.66. The van der Waals surface area contributed by atoms with Crippen molar-refractivity contribution in [3.8, 4) is 5.75 Å². The van der Waals surface area contributed by atoms with Gasteiger partial charge in [-0.25, -0.2) is 18.0 Å². The Kier molecular flexibility index (Phi) is 6.99. The van der Waals surface area contributed by atoms with Gasteiger partial charge in [-0.05, 0) is 47.9 Å². The molecule has 37 heavy (non-hydrogen) atoms. The largest absolute Gasteiger partial charge is 0.495 e. The van der Waals surface area contributed by atoms with Crippen LogP contribution in [-0.4, -0.2) is 38.9 Å². The lowest BCUT2D eigenvalue weighted by Gasteiger charge is -2.21. The Morgan fingerprint density at radius 1 is 0.973 bits per heavy atom. The van der Waals surface area contributed by atoms with Crippen LogP contribution < -0.4 is 10.4 Å². The van der Waals surface area contributed by atoms with E-state index in [-0.39, 0.29) is 22.8 Å². The van der Waals surface area contributed by atoms with Crippen LogP contribution in [0.25, 0.3) is 21.7 Å². The molecule has 1 aliphatic heterocycles. The number of hydrogen-bond donors (Lipinski definition) is 0. The lowest BCUT2D eigenvalue weighted by molar-refractivity contribution is 0.0473. The van der Waals surface area contributed by atoms with E-state index in [9.17, 15) is 18.0 Å². The SMILES string of the molecule is COc1ccc(C(=O)OCc2cc(=O)oc3ccc4ccccc4c23)cc1S(=O)(=O)N1CCCCCC1. The first-order chi connectivity index (χ1) is 17.9. The van der Waals surface area contributed by atoms with Crippen LogP contribution in [0.1, 0.15) is 41.6 Å². The molecule has 9 heteroatoms. The van der Waals surface area contributed by atoms with E-state index in [4.69, 9.17) is 13.9 Å². The third-order valence-corrected chi connectivity index (χ3v) is 8.58. The van der Waals surface area contributed by atoms with E-state index < -0.39 is 21.6 Å². The third kappa shape index (κ3) is 4.97. The van der Waals surface area contributed by atoms with Gasteiger partial charge < -0.3 is 13.9 Å².